The number of fused-ring (bicyclic) bond motifs is 2. The highest BCUT2D eigenvalue weighted by Crippen LogP contribution is 2.37. The molecule has 2 atom stereocenters. The molecule has 0 bridgehead atoms. The fourth-order valence-electron chi connectivity index (χ4n) is 4.22. The average Bonchev–Trinajstić information content (AvgIpc) is 3.45. The van der Waals surface area contributed by atoms with Crippen LogP contribution >= 0.6 is 0 Å². The van der Waals surface area contributed by atoms with Gasteiger partial charge in [-0.2, -0.15) is 0 Å². The van der Waals surface area contributed by atoms with Crippen molar-refractivity contribution in [1.82, 2.24) is 19.5 Å². The van der Waals surface area contributed by atoms with Crippen LogP contribution < -0.4 is 4.74 Å². The summed E-state index contributed by atoms with van der Waals surface area (Å²) in [7, 11) is 0. The van der Waals surface area contributed by atoms with Gasteiger partial charge < -0.3 is 19.5 Å². The third-order valence-corrected chi connectivity index (χ3v) is 5.72. The molecule has 3 aromatic heterocycles. The quantitative estimate of drug-likeness (QED) is 0.369. The lowest BCUT2D eigenvalue weighted by Gasteiger charge is -2.15. The van der Waals surface area contributed by atoms with E-state index in [1.807, 2.05) is 39.0 Å². The molecule has 0 aliphatic heterocycles. The second-order valence-electron chi connectivity index (χ2n) is 9.07. The molecular formula is C27H35FN4O3. The van der Waals surface area contributed by atoms with E-state index in [2.05, 4.69) is 31.8 Å². The van der Waals surface area contributed by atoms with Gasteiger partial charge in [-0.1, -0.05) is 13.8 Å². The van der Waals surface area contributed by atoms with Crippen molar-refractivity contribution < 1.29 is 19.3 Å². The topological polar surface area (TPSA) is 93.3 Å². The molecule has 0 radical (unpaired) electrons. The lowest BCUT2D eigenvalue weighted by molar-refractivity contribution is -0.127. The molecule has 0 amide bonds. The van der Waals surface area contributed by atoms with Gasteiger partial charge in [0.2, 0.25) is 0 Å². The standard InChI is InChI=1S/C22H21FN4O.C3H8O2.C2H6/c1-14-20-6-7-27(22(20)26-13-25-14)18-4-2-15(8-18)12-28-19-5-3-16-9-17(23)11-24-21(16)10-19;1-3(2,4)5;1-2/h3,5-7,9-11,13,15,18H,2,4,8,12H2,1H3;4-5H,1-2H3;1-2H3. The van der Waals surface area contributed by atoms with Gasteiger partial charge in [0.05, 0.1) is 24.0 Å². The van der Waals surface area contributed by atoms with E-state index in [0.29, 0.717) is 18.6 Å². The van der Waals surface area contributed by atoms with Crippen LogP contribution in [0.1, 0.15) is 58.7 Å². The molecule has 1 aromatic carbocycles. The summed E-state index contributed by atoms with van der Waals surface area (Å²) in [5.74, 6) is -0.539. The van der Waals surface area contributed by atoms with Crippen LogP contribution in [0.4, 0.5) is 4.39 Å². The molecule has 0 saturated heterocycles. The van der Waals surface area contributed by atoms with Crippen molar-refractivity contribution in [1.29, 1.82) is 0 Å². The van der Waals surface area contributed by atoms with Crippen molar-refractivity contribution in [3.8, 4) is 5.75 Å². The van der Waals surface area contributed by atoms with Gasteiger partial charge in [0.25, 0.3) is 0 Å². The second kappa shape index (κ2) is 11.6. The van der Waals surface area contributed by atoms with E-state index >= 15 is 0 Å². The Bertz CT molecular complexity index is 1250. The first kappa shape index (κ1) is 26.5. The highest BCUT2D eigenvalue weighted by molar-refractivity contribution is 5.80. The Hall–Kier alpha value is -3.10. The number of hydrogen-bond acceptors (Lipinski definition) is 6. The molecule has 0 spiro atoms. The SMILES string of the molecule is CC.CC(C)(O)O.Cc1ncnc2c1ccn2C1CCC(COc2ccc3cc(F)cnc3c2)C1. The van der Waals surface area contributed by atoms with Crippen LogP contribution in [0.3, 0.4) is 0 Å². The summed E-state index contributed by atoms with van der Waals surface area (Å²) in [6, 6.07) is 9.66. The fraction of sp³-hybridized carbons (Fsp3) is 0.444. The number of aryl methyl sites for hydroxylation is 1. The summed E-state index contributed by atoms with van der Waals surface area (Å²) in [4.78, 5) is 12.9. The third-order valence-electron chi connectivity index (χ3n) is 5.72. The lowest BCUT2D eigenvalue weighted by Crippen LogP contribution is -2.15. The van der Waals surface area contributed by atoms with E-state index in [4.69, 9.17) is 14.9 Å². The van der Waals surface area contributed by atoms with E-state index in [9.17, 15) is 4.39 Å². The number of pyridine rings is 1. The second-order valence-corrected chi connectivity index (χ2v) is 9.07. The summed E-state index contributed by atoms with van der Waals surface area (Å²) >= 11 is 0. The molecule has 3 heterocycles. The van der Waals surface area contributed by atoms with Crippen molar-refractivity contribution in [2.45, 2.75) is 65.7 Å². The Morgan fingerprint density at radius 2 is 1.83 bits per heavy atom. The first-order valence-electron chi connectivity index (χ1n) is 12.1. The van der Waals surface area contributed by atoms with Gasteiger partial charge in [0, 0.05) is 29.1 Å². The van der Waals surface area contributed by atoms with Gasteiger partial charge in [0.1, 0.15) is 23.5 Å². The molecule has 7 nitrogen and oxygen atoms in total. The van der Waals surface area contributed by atoms with E-state index in [1.165, 1.54) is 26.1 Å². The van der Waals surface area contributed by atoms with Crippen LogP contribution in [-0.4, -0.2) is 42.1 Å². The van der Waals surface area contributed by atoms with Gasteiger partial charge in [-0.3, -0.25) is 4.98 Å². The Balaban J connectivity index is 0.000000438. The van der Waals surface area contributed by atoms with E-state index in [1.54, 1.807) is 6.33 Å². The summed E-state index contributed by atoms with van der Waals surface area (Å²) in [5, 5.41) is 18.1. The minimum absolute atomic E-state index is 0.323. The van der Waals surface area contributed by atoms with Gasteiger partial charge in [0.15, 0.2) is 5.79 Å². The maximum absolute atomic E-state index is 13.3. The molecular weight excluding hydrogens is 447 g/mol. The Labute approximate surface area is 205 Å². The van der Waals surface area contributed by atoms with Gasteiger partial charge in [-0.15, -0.1) is 0 Å². The first-order chi connectivity index (χ1) is 16.7. The van der Waals surface area contributed by atoms with Crippen LogP contribution in [0.2, 0.25) is 0 Å². The zero-order valence-electron chi connectivity index (χ0n) is 21.1. The zero-order chi connectivity index (χ0) is 25.6. The number of rotatable bonds is 4. The highest BCUT2D eigenvalue weighted by Gasteiger charge is 2.27. The lowest BCUT2D eigenvalue weighted by atomic mass is 10.1. The molecule has 188 valence electrons. The van der Waals surface area contributed by atoms with Crippen molar-refractivity contribution in [2.75, 3.05) is 6.61 Å². The van der Waals surface area contributed by atoms with Crippen molar-refractivity contribution in [3.05, 3.63) is 60.6 Å². The number of aromatic nitrogens is 4. The van der Waals surface area contributed by atoms with Crippen molar-refractivity contribution in [3.63, 3.8) is 0 Å². The number of ether oxygens (including phenoxy) is 1. The predicted octanol–water partition coefficient (Wildman–Crippen LogP) is 5.58. The summed E-state index contributed by atoms with van der Waals surface area (Å²) < 4.78 is 21.6. The van der Waals surface area contributed by atoms with Crippen LogP contribution in [0.15, 0.2) is 49.1 Å². The number of benzene rings is 1. The maximum atomic E-state index is 13.3. The van der Waals surface area contributed by atoms with Crippen LogP contribution in [0, 0.1) is 18.7 Å². The predicted molar refractivity (Wildman–Crippen MR) is 136 cm³/mol. The summed E-state index contributed by atoms with van der Waals surface area (Å²) in [6.45, 7) is 9.29. The zero-order valence-corrected chi connectivity index (χ0v) is 21.1. The monoisotopic (exact) mass is 482 g/mol. The highest BCUT2D eigenvalue weighted by atomic mass is 19.1. The minimum atomic E-state index is -1.50. The average molecular weight is 483 g/mol. The molecule has 5 rings (SSSR count). The molecule has 4 aromatic rings. The van der Waals surface area contributed by atoms with Crippen LogP contribution in [-0.2, 0) is 0 Å². The van der Waals surface area contributed by atoms with Gasteiger partial charge in [-0.05, 0) is 70.2 Å². The third kappa shape index (κ3) is 7.19. The largest absolute Gasteiger partial charge is 0.493 e. The number of aliphatic hydroxyl groups is 2. The molecule has 8 heteroatoms. The fourth-order valence-corrected chi connectivity index (χ4v) is 4.22. The van der Waals surface area contributed by atoms with E-state index < -0.39 is 5.79 Å². The normalized spacial score (nSPS) is 17.5. The number of nitrogens with zero attached hydrogens (tertiary/aromatic N) is 4. The Morgan fingerprint density at radius 3 is 2.57 bits per heavy atom. The van der Waals surface area contributed by atoms with Crippen LogP contribution in [0.5, 0.6) is 5.75 Å². The van der Waals surface area contributed by atoms with Gasteiger partial charge in [-0.25, -0.2) is 14.4 Å². The molecule has 1 saturated carbocycles. The number of halogens is 1. The summed E-state index contributed by atoms with van der Waals surface area (Å²) in [6.07, 6.45) is 8.34. The molecule has 1 aliphatic carbocycles. The van der Waals surface area contributed by atoms with Crippen LogP contribution in [0.25, 0.3) is 21.9 Å². The van der Waals surface area contributed by atoms with E-state index in [0.717, 1.165) is 52.6 Å². The van der Waals surface area contributed by atoms with E-state index in [-0.39, 0.29) is 5.82 Å². The number of hydrogen-bond donors (Lipinski definition) is 2. The minimum Gasteiger partial charge on any atom is -0.493 e. The smallest absolute Gasteiger partial charge is 0.156 e. The maximum Gasteiger partial charge on any atom is 0.156 e. The van der Waals surface area contributed by atoms with Crippen molar-refractivity contribution >= 4 is 21.9 Å². The molecule has 1 fully saturated rings. The summed E-state index contributed by atoms with van der Waals surface area (Å²) in [5.41, 5.74) is 2.79. The first-order valence-corrected chi connectivity index (χ1v) is 12.1. The van der Waals surface area contributed by atoms with Crippen molar-refractivity contribution in [2.24, 2.45) is 5.92 Å². The Morgan fingerprint density at radius 1 is 1.09 bits per heavy atom. The van der Waals surface area contributed by atoms with Gasteiger partial charge >= 0.3 is 0 Å². The Kier molecular flexibility index (Phi) is 8.75. The molecule has 35 heavy (non-hydrogen) atoms. The molecule has 2 unspecified atom stereocenters. The molecule has 2 N–H and O–H groups in total. The molecule has 1 aliphatic rings.